The summed E-state index contributed by atoms with van der Waals surface area (Å²) < 4.78 is 38.9. The Balaban J connectivity index is 2.01. The SMILES string of the molecule is Cc1ncccc1CNC(=O)C1CN(C)CC1C(F)(F)F. The highest BCUT2D eigenvalue weighted by Gasteiger charge is 2.51. The van der Waals surface area contributed by atoms with Crippen LogP contribution in [0.15, 0.2) is 18.3 Å². The number of amides is 1. The summed E-state index contributed by atoms with van der Waals surface area (Å²) in [6.45, 7) is 1.99. The number of alkyl halides is 3. The van der Waals surface area contributed by atoms with Crippen molar-refractivity contribution in [2.75, 3.05) is 20.1 Å². The molecule has 1 aromatic heterocycles. The Morgan fingerprint density at radius 3 is 2.81 bits per heavy atom. The maximum Gasteiger partial charge on any atom is 0.393 e. The van der Waals surface area contributed by atoms with E-state index in [2.05, 4.69) is 10.3 Å². The van der Waals surface area contributed by atoms with Crippen molar-refractivity contribution in [1.29, 1.82) is 0 Å². The topological polar surface area (TPSA) is 45.2 Å². The summed E-state index contributed by atoms with van der Waals surface area (Å²) in [6, 6.07) is 3.53. The van der Waals surface area contributed by atoms with Crippen LogP contribution in [0.1, 0.15) is 11.3 Å². The fraction of sp³-hybridized carbons (Fsp3) is 0.571. The standard InChI is InChI=1S/C14H18F3N3O/c1-9-10(4-3-5-18-9)6-19-13(21)11-7-20(2)8-12(11)14(15,16)17/h3-5,11-12H,6-8H2,1-2H3,(H,19,21). The Bertz CT molecular complexity index is 518. The molecule has 0 bridgehead atoms. The number of rotatable bonds is 3. The molecule has 2 atom stereocenters. The summed E-state index contributed by atoms with van der Waals surface area (Å²) in [7, 11) is 1.59. The largest absolute Gasteiger partial charge is 0.393 e. The van der Waals surface area contributed by atoms with Crippen molar-refractivity contribution < 1.29 is 18.0 Å². The summed E-state index contributed by atoms with van der Waals surface area (Å²) >= 11 is 0. The van der Waals surface area contributed by atoms with E-state index in [1.807, 2.05) is 0 Å². The van der Waals surface area contributed by atoms with E-state index in [1.54, 1.807) is 32.3 Å². The average molecular weight is 301 g/mol. The number of carbonyl (C=O) groups excluding carboxylic acids is 1. The Morgan fingerprint density at radius 1 is 1.48 bits per heavy atom. The molecule has 7 heteroatoms. The molecule has 1 aliphatic rings. The Kier molecular flexibility index (Phi) is 4.51. The van der Waals surface area contributed by atoms with Crippen molar-refractivity contribution in [3.63, 3.8) is 0 Å². The zero-order valence-corrected chi connectivity index (χ0v) is 11.9. The van der Waals surface area contributed by atoms with E-state index in [0.717, 1.165) is 11.3 Å². The lowest BCUT2D eigenvalue weighted by Gasteiger charge is -2.20. The summed E-state index contributed by atoms with van der Waals surface area (Å²) in [5, 5.41) is 2.60. The van der Waals surface area contributed by atoms with Gasteiger partial charge in [-0.3, -0.25) is 9.78 Å². The number of aryl methyl sites for hydroxylation is 1. The van der Waals surface area contributed by atoms with Crippen molar-refractivity contribution >= 4 is 5.91 Å². The van der Waals surface area contributed by atoms with Gasteiger partial charge < -0.3 is 10.2 Å². The van der Waals surface area contributed by atoms with Gasteiger partial charge in [-0.2, -0.15) is 13.2 Å². The molecule has 2 heterocycles. The molecule has 2 rings (SSSR count). The van der Waals surface area contributed by atoms with E-state index in [4.69, 9.17) is 0 Å². The van der Waals surface area contributed by atoms with Crippen LogP contribution < -0.4 is 5.32 Å². The quantitative estimate of drug-likeness (QED) is 0.925. The molecule has 1 aliphatic heterocycles. The fourth-order valence-corrected chi connectivity index (χ4v) is 2.62. The van der Waals surface area contributed by atoms with Crippen molar-refractivity contribution in [3.05, 3.63) is 29.6 Å². The van der Waals surface area contributed by atoms with Crippen LogP contribution in [-0.2, 0) is 11.3 Å². The van der Waals surface area contributed by atoms with Crippen molar-refractivity contribution in [2.24, 2.45) is 11.8 Å². The number of halogens is 3. The first-order valence-electron chi connectivity index (χ1n) is 6.72. The zero-order valence-electron chi connectivity index (χ0n) is 11.9. The summed E-state index contributed by atoms with van der Waals surface area (Å²) in [6.07, 6.45) is -2.72. The van der Waals surface area contributed by atoms with Gasteiger partial charge >= 0.3 is 6.18 Å². The molecule has 1 fully saturated rings. The second kappa shape index (κ2) is 6.01. The van der Waals surface area contributed by atoms with Crippen molar-refractivity contribution in [1.82, 2.24) is 15.2 Å². The van der Waals surface area contributed by atoms with Gasteiger partial charge in [0.15, 0.2) is 0 Å². The van der Waals surface area contributed by atoms with Crippen LogP contribution in [0, 0.1) is 18.8 Å². The Morgan fingerprint density at radius 2 is 2.19 bits per heavy atom. The Hall–Kier alpha value is -1.63. The lowest BCUT2D eigenvalue weighted by atomic mass is 9.94. The predicted molar refractivity (Wildman–Crippen MR) is 71.4 cm³/mol. The molecule has 0 saturated carbocycles. The molecule has 1 aromatic rings. The fourth-order valence-electron chi connectivity index (χ4n) is 2.62. The van der Waals surface area contributed by atoms with E-state index < -0.39 is 23.9 Å². The van der Waals surface area contributed by atoms with E-state index in [0.29, 0.717) is 0 Å². The van der Waals surface area contributed by atoms with Gasteiger partial charge in [-0.05, 0) is 25.6 Å². The molecule has 0 radical (unpaired) electrons. The van der Waals surface area contributed by atoms with Crippen LogP contribution in [-0.4, -0.2) is 42.1 Å². The first-order valence-corrected chi connectivity index (χ1v) is 6.72. The summed E-state index contributed by atoms with van der Waals surface area (Å²) in [5.41, 5.74) is 1.56. The minimum atomic E-state index is -4.35. The molecule has 1 amide bonds. The van der Waals surface area contributed by atoms with Gasteiger partial charge in [0.1, 0.15) is 0 Å². The van der Waals surface area contributed by atoms with Crippen LogP contribution in [0.4, 0.5) is 13.2 Å². The van der Waals surface area contributed by atoms with E-state index >= 15 is 0 Å². The monoisotopic (exact) mass is 301 g/mol. The summed E-state index contributed by atoms with van der Waals surface area (Å²) in [4.78, 5) is 17.7. The molecular formula is C14H18F3N3O. The van der Waals surface area contributed by atoms with Gasteiger partial charge in [-0.1, -0.05) is 6.07 Å². The summed E-state index contributed by atoms with van der Waals surface area (Å²) in [5.74, 6) is -3.20. The highest BCUT2D eigenvalue weighted by molar-refractivity contribution is 5.79. The highest BCUT2D eigenvalue weighted by Crippen LogP contribution is 2.37. The lowest BCUT2D eigenvalue weighted by Crippen LogP contribution is -2.39. The number of aromatic nitrogens is 1. The van der Waals surface area contributed by atoms with Crippen LogP contribution in [0.25, 0.3) is 0 Å². The number of nitrogens with one attached hydrogen (secondary N) is 1. The third-order valence-corrected chi connectivity index (χ3v) is 3.83. The first kappa shape index (κ1) is 15.8. The molecule has 21 heavy (non-hydrogen) atoms. The Labute approximate surface area is 121 Å². The van der Waals surface area contributed by atoms with Gasteiger partial charge in [0.2, 0.25) is 5.91 Å². The van der Waals surface area contributed by atoms with Crippen LogP contribution in [0.3, 0.4) is 0 Å². The second-order valence-electron chi connectivity index (χ2n) is 5.44. The number of nitrogens with zero attached hydrogens (tertiary/aromatic N) is 2. The molecule has 4 nitrogen and oxygen atoms in total. The molecule has 0 spiro atoms. The maximum absolute atomic E-state index is 13.0. The van der Waals surface area contributed by atoms with Crippen molar-refractivity contribution in [3.8, 4) is 0 Å². The van der Waals surface area contributed by atoms with Gasteiger partial charge in [0.05, 0.1) is 11.8 Å². The number of pyridine rings is 1. The van der Waals surface area contributed by atoms with Gasteiger partial charge in [-0.15, -0.1) is 0 Å². The highest BCUT2D eigenvalue weighted by atomic mass is 19.4. The molecule has 0 aromatic carbocycles. The maximum atomic E-state index is 13.0. The average Bonchev–Trinajstić information content (AvgIpc) is 2.80. The molecular weight excluding hydrogens is 283 g/mol. The normalized spacial score (nSPS) is 23.3. The van der Waals surface area contributed by atoms with E-state index in [-0.39, 0.29) is 19.6 Å². The number of hydrogen-bond donors (Lipinski definition) is 1. The van der Waals surface area contributed by atoms with Gasteiger partial charge in [0, 0.05) is 31.5 Å². The van der Waals surface area contributed by atoms with Gasteiger partial charge in [0.25, 0.3) is 0 Å². The predicted octanol–water partition coefficient (Wildman–Crippen LogP) is 1.75. The molecule has 116 valence electrons. The smallest absolute Gasteiger partial charge is 0.352 e. The van der Waals surface area contributed by atoms with Crippen LogP contribution in [0.2, 0.25) is 0 Å². The number of likely N-dealkylation sites (tertiary alicyclic amines) is 1. The molecule has 2 unspecified atom stereocenters. The van der Waals surface area contributed by atoms with Crippen LogP contribution >= 0.6 is 0 Å². The minimum absolute atomic E-state index is 0.127. The molecule has 1 saturated heterocycles. The van der Waals surface area contributed by atoms with Gasteiger partial charge in [-0.25, -0.2) is 0 Å². The second-order valence-corrected chi connectivity index (χ2v) is 5.44. The first-order chi connectivity index (χ1) is 9.79. The lowest BCUT2D eigenvalue weighted by molar-refractivity contribution is -0.183. The van der Waals surface area contributed by atoms with Crippen LogP contribution in [0.5, 0.6) is 0 Å². The van der Waals surface area contributed by atoms with E-state index in [9.17, 15) is 18.0 Å². The van der Waals surface area contributed by atoms with Crippen molar-refractivity contribution in [2.45, 2.75) is 19.6 Å². The number of carbonyl (C=O) groups is 1. The minimum Gasteiger partial charge on any atom is -0.352 e. The molecule has 1 N–H and O–H groups in total. The zero-order chi connectivity index (χ0) is 15.6. The number of hydrogen-bond acceptors (Lipinski definition) is 3. The third-order valence-electron chi connectivity index (χ3n) is 3.83. The third kappa shape index (κ3) is 3.72. The van der Waals surface area contributed by atoms with E-state index in [1.165, 1.54) is 4.90 Å². The molecule has 0 aliphatic carbocycles.